The zero-order valence-corrected chi connectivity index (χ0v) is 15.1. The SMILES string of the molecule is O=C(Nc1ccc(NC(=O)C2(c3cccc(Cl)c3)CC2)cc1)c1ccco1. The van der Waals surface area contributed by atoms with Crippen molar-refractivity contribution >= 4 is 34.8 Å². The Balaban J connectivity index is 1.43. The zero-order valence-electron chi connectivity index (χ0n) is 14.4. The molecule has 3 aromatic rings. The first-order valence-electron chi connectivity index (χ1n) is 8.59. The molecule has 2 N–H and O–H groups in total. The Bertz CT molecular complexity index is 977. The summed E-state index contributed by atoms with van der Waals surface area (Å²) >= 11 is 6.07. The zero-order chi connectivity index (χ0) is 18.9. The third-order valence-electron chi connectivity index (χ3n) is 4.71. The summed E-state index contributed by atoms with van der Waals surface area (Å²) in [6, 6.07) is 17.7. The molecule has 2 aromatic carbocycles. The fourth-order valence-corrected chi connectivity index (χ4v) is 3.24. The monoisotopic (exact) mass is 380 g/mol. The summed E-state index contributed by atoms with van der Waals surface area (Å²) in [6.45, 7) is 0. The molecular weight excluding hydrogens is 364 g/mol. The van der Waals surface area contributed by atoms with Gasteiger partial charge in [0.15, 0.2) is 5.76 Å². The second kappa shape index (κ2) is 6.93. The molecule has 1 aromatic heterocycles. The normalized spacial score (nSPS) is 14.4. The lowest BCUT2D eigenvalue weighted by atomic mass is 9.95. The van der Waals surface area contributed by atoms with Gasteiger partial charge in [0.2, 0.25) is 5.91 Å². The van der Waals surface area contributed by atoms with Crippen LogP contribution in [0.2, 0.25) is 5.02 Å². The maximum Gasteiger partial charge on any atom is 0.291 e. The van der Waals surface area contributed by atoms with E-state index in [2.05, 4.69) is 10.6 Å². The first kappa shape index (κ1) is 17.4. The number of halogens is 1. The van der Waals surface area contributed by atoms with Crippen LogP contribution in [0.15, 0.2) is 71.3 Å². The summed E-state index contributed by atoms with van der Waals surface area (Å²) < 4.78 is 5.06. The lowest BCUT2D eigenvalue weighted by Crippen LogP contribution is -2.27. The number of furan rings is 1. The van der Waals surface area contributed by atoms with Gasteiger partial charge in [0.25, 0.3) is 5.91 Å². The Hall–Kier alpha value is -3.05. The number of hydrogen-bond acceptors (Lipinski definition) is 3. The average Bonchev–Trinajstić information content (AvgIpc) is 3.30. The van der Waals surface area contributed by atoms with E-state index in [1.54, 1.807) is 42.5 Å². The summed E-state index contributed by atoms with van der Waals surface area (Å²) in [5.74, 6) is -0.128. The third kappa shape index (κ3) is 3.59. The summed E-state index contributed by atoms with van der Waals surface area (Å²) in [5.41, 5.74) is 1.72. The van der Waals surface area contributed by atoms with E-state index in [-0.39, 0.29) is 17.6 Å². The van der Waals surface area contributed by atoms with Gasteiger partial charge in [-0.2, -0.15) is 0 Å². The summed E-state index contributed by atoms with van der Waals surface area (Å²) in [5, 5.41) is 6.32. The van der Waals surface area contributed by atoms with Crippen LogP contribution in [0.25, 0.3) is 0 Å². The summed E-state index contributed by atoms with van der Waals surface area (Å²) in [7, 11) is 0. The Kier molecular flexibility index (Phi) is 4.46. The van der Waals surface area contributed by atoms with E-state index in [0.717, 1.165) is 18.4 Å². The van der Waals surface area contributed by atoms with Crippen molar-refractivity contribution in [3.63, 3.8) is 0 Å². The molecule has 0 radical (unpaired) electrons. The van der Waals surface area contributed by atoms with Gasteiger partial charge >= 0.3 is 0 Å². The molecule has 1 heterocycles. The van der Waals surface area contributed by atoms with Gasteiger partial charge in [-0.15, -0.1) is 0 Å². The number of rotatable bonds is 5. The smallest absolute Gasteiger partial charge is 0.291 e. The van der Waals surface area contributed by atoms with Crippen LogP contribution in [0.1, 0.15) is 29.0 Å². The Labute approximate surface area is 161 Å². The van der Waals surface area contributed by atoms with Crippen LogP contribution in [0.3, 0.4) is 0 Å². The molecule has 0 atom stereocenters. The molecule has 1 fully saturated rings. The van der Waals surface area contributed by atoms with Crippen LogP contribution in [0.4, 0.5) is 11.4 Å². The molecule has 4 rings (SSSR count). The largest absolute Gasteiger partial charge is 0.459 e. The number of amides is 2. The maximum atomic E-state index is 12.8. The number of hydrogen-bond donors (Lipinski definition) is 2. The number of benzene rings is 2. The molecule has 0 saturated heterocycles. The van der Waals surface area contributed by atoms with E-state index in [1.807, 2.05) is 18.2 Å². The highest BCUT2D eigenvalue weighted by Crippen LogP contribution is 2.49. The van der Waals surface area contributed by atoms with Crippen molar-refractivity contribution in [2.45, 2.75) is 18.3 Å². The Morgan fingerprint density at radius 1 is 0.926 bits per heavy atom. The van der Waals surface area contributed by atoms with Crippen LogP contribution >= 0.6 is 11.6 Å². The van der Waals surface area contributed by atoms with E-state index in [4.69, 9.17) is 16.0 Å². The highest BCUT2D eigenvalue weighted by Gasteiger charge is 2.51. The van der Waals surface area contributed by atoms with Crippen molar-refractivity contribution in [2.75, 3.05) is 10.6 Å². The van der Waals surface area contributed by atoms with E-state index < -0.39 is 5.41 Å². The van der Waals surface area contributed by atoms with Crippen molar-refractivity contribution in [2.24, 2.45) is 0 Å². The van der Waals surface area contributed by atoms with Crippen LogP contribution in [-0.2, 0) is 10.2 Å². The first-order valence-corrected chi connectivity index (χ1v) is 8.97. The summed E-state index contributed by atoms with van der Waals surface area (Å²) in [6.07, 6.45) is 3.05. The lowest BCUT2D eigenvalue weighted by molar-refractivity contribution is -0.118. The minimum Gasteiger partial charge on any atom is -0.459 e. The minimum atomic E-state index is -0.503. The van der Waals surface area contributed by atoms with Gasteiger partial charge in [0.05, 0.1) is 11.7 Å². The Morgan fingerprint density at radius 3 is 2.22 bits per heavy atom. The molecule has 2 amide bonds. The molecule has 0 aliphatic heterocycles. The number of carbonyl (C=O) groups is 2. The molecule has 1 aliphatic rings. The second-order valence-corrected chi connectivity index (χ2v) is 6.99. The maximum absolute atomic E-state index is 12.8. The van der Waals surface area contributed by atoms with Crippen molar-refractivity contribution < 1.29 is 14.0 Å². The molecule has 0 spiro atoms. The standard InChI is InChI=1S/C21H17ClN2O3/c22-15-4-1-3-14(13-15)21(10-11-21)20(26)24-17-8-6-16(7-9-17)23-19(25)18-5-2-12-27-18/h1-9,12-13H,10-11H2,(H,23,25)(H,24,26). The van der Waals surface area contributed by atoms with Gasteiger partial charge in [-0.3, -0.25) is 9.59 Å². The number of carbonyl (C=O) groups excluding carboxylic acids is 2. The van der Waals surface area contributed by atoms with Crippen molar-refractivity contribution in [3.8, 4) is 0 Å². The van der Waals surface area contributed by atoms with Gasteiger partial charge in [0.1, 0.15) is 0 Å². The van der Waals surface area contributed by atoms with Crippen LogP contribution in [0.5, 0.6) is 0 Å². The van der Waals surface area contributed by atoms with Crippen LogP contribution in [0, 0.1) is 0 Å². The topological polar surface area (TPSA) is 71.3 Å². The quantitative estimate of drug-likeness (QED) is 0.664. The van der Waals surface area contributed by atoms with Gasteiger partial charge in [0, 0.05) is 16.4 Å². The molecule has 5 nitrogen and oxygen atoms in total. The van der Waals surface area contributed by atoms with Gasteiger partial charge < -0.3 is 15.1 Å². The third-order valence-corrected chi connectivity index (χ3v) is 4.94. The van der Waals surface area contributed by atoms with E-state index in [1.165, 1.54) is 6.26 Å². The second-order valence-electron chi connectivity index (χ2n) is 6.56. The fourth-order valence-electron chi connectivity index (χ4n) is 3.05. The van der Waals surface area contributed by atoms with Gasteiger partial charge in [-0.05, 0) is 66.9 Å². The average molecular weight is 381 g/mol. The van der Waals surface area contributed by atoms with E-state index in [9.17, 15) is 9.59 Å². The Morgan fingerprint density at radius 2 is 1.63 bits per heavy atom. The molecule has 27 heavy (non-hydrogen) atoms. The lowest BCUT2D eigenvalue weighted by Gasteiger charge is -2.16. The summed E-state index contributed by atoms with van der Waals surface area (Å²) in [4.78, 5) is 24.8. The first-order chi connectivity index (χ1) is 13.1. The molecule has 0 bridgehead atoms. The predicted molar refractivity (Wildman–Crippen MR) is 104 cm³/mol. The molecule has 6 heteroatoms. The highest BCUT2D eigenvalue weighted by atomic mass is 35.5. The molecule has 1 aliphatic carbocycles. The van der Waals surface area contributed by atoms with Crippen molar-refractivity contribution in [3.05, 3.63) is 83.3 Å². The van der Waals surface area contributed by atoms with Crippen molar-refractivity contribution in [1.82, 2.24) is 0 Å². The van der Waals surface area contributed by atoms with Gasteiger partial charge in [-0.1, -0.05) is 23.7 Å². The van der Waals surface area contributed by atoms with Gasteiger partial charge in [-0.25, -0.2) is 0 Å². The van der Waals surface area contributed by atoms with E-state index in [0.29, 0.717) is 16.4 Å². The predicted octanol–water partition coefficient (Wildman–Crippen LogP) is 4.86. The highest BCUT2D eigenvalue weighted by molar-refractivity contribution is 6.30. The van der Waals surface area contributed by atoms with Crippen LogP contribution < -0.4 is 10.6 Å². The molecular formula is C21H17ClN2O3. The minimum absolute atomic E-state index is 0.0443. The molecule has 1 saturated carbocycles. The molecule has 0 unspecified atom stereocenters. The van der Waals surface area contributed by atoms with E-state index >= 15 is 0 Å². The molecule has 136 valence electrons. The number of anilines is 2. The van der Waals surface area contributed by atoms with Crippen LogP contribution in [-0.4, -0.2) is 11.8 Å². The fraction of sp³-hybridized carbons (Fsp3) is 0.143. The van der Waals surface area contributed by atoms with Crippen molar-refractivity contribution in [1.29, 1.82) is 0 Å². The number of nitrogens with one attached hydrogen (secondary N) is 2.